The number of ether oxygens (including phenoxy) is 1. The van der Waals surface area contributed by atoms with Gasteiger partial charge in [-0.05, 0) is 86.1 Å². The van der Waals surface area contributed by atoms with Gasteiger partial charge in [-0.1, -0.05) is 61.9 Å². The molecule has 1 saturated carbocycles. The molecule has 0 radical (unpaired) electrons. The van der Waals surface area contributed by atoms with Gasteiger partial charge in [0.1, 0.15) is 5.82 Å². The Bertz CT molecular complexity index is 770. The summed E-state index contributed by atoms with van der Waals surface area (Å²) in [7, 11) is 0. The van der Waals surface area contributed by atoms with E-state index in [4.69, 9.17) is 4.74 Å². The van der Waals surface area contributed by atoms with Crippen molar-refractivity contribution in [2.75, 3.05) is 6.61 Å². The molecule has 1 nitrogen and oxygen atoms in total. The summed E-state index contributed by atoms with van der Waals surface area (Å²) < 4.78 is 20.9. The summed E-state index contributed by atoms with van der Waals surface area (Å²) in [5.74, 6) is 0.263. The number of halogens is 1. The van der Waals surface area contributed by atoms with Gasteiger partial charge in [0.15, 0.2) is 0 Å². The molecule has 0 heterocycles. The zero-order valence-corrected chi connectivity index (χ0v) is 18.0. The van der Waals surface area contributed by atoms with Crippen LogP contribution >= 0.6 is 0 Å². The maximum atomic E-state index is 14.9. The minimum absolute atomic E-state index is 0.0602. The highest BCUT2D eigenvalue weighted by atomic mass is 19.1. The Morgan fingerprint density at radius 3 is 2.38 bits per heavy atom. The van der Waals surface area contributed by atoms with E-state index >= 15 is 0 Å². The highest BCUT2D eigenvalue weighted by Gasteiger charge is 2.24. The topological polar surface area (TPSA) is 9.23 Å². The fourth-order valence-corrected chi connectivity index (χ4v) is 4.25. The number of benzene rings is 2. The second-order valence-corrected chi connectivity index (χ2v) is 8.24. The van der Waals surface area contributed by atoms with E-state index in [2.05, 4.69) is 49.4 Å². The van der Waals surface area contributed by atoms with Crippen molar-refractivity contribution < 1.29 is 9.13 Å². The largest absolute Gasteiger partial charge is 0.378 e. The number of hydrogen-bond donors (Lipinski definition) is 0. The molecule has 0 N–H and O–H groups in total. The molecule has 0 aliphatic heterocycles. The smallest absolute Gasteiger partial charge is 0.127 e. The lowest BCUT2D eigenvalue weighted by Gasteiger charge is -2.29. The van der Waals surface area contributed by atoms with Crippen molar-refractivity contribution in [1.29, 1.82) is 0 Å². The van der Waals surface area contributed by atoms with E-state index in [1.165, 1.54) is 12.0 Å². The molecule has 2 aromatic carbocycles. The summed E-state index contributed by atoms with van der Waals surface area (Å²) >= 11 is 0. The van der Waals surface area contributed by atoms with Gasteiger partial charge in [-0.3, -0.25) is 0 Å². The van der Waals surface area contributed by atoms with Gasteiger partial charge < -0.3 is 4.74 Å². The lowest BCUT2D eigenvalue weighted by molar-refractivity contribution is 0.0230. The molecule has 0 aromatic heterocycles. The summed E-state index contributed by atoms with van der Waals surface area (Å²) in [6.45, 7) is 5.10. The summed E-state index contributed by atoms with van der Waals surface area (Å²) in [6.07, 6.45) is 13.2. The van der Waals surface area contributed by atoms with Crippen molar-refractivity contribution >= 4 is 0 Å². The van der Waals surface area contributed by atoms with Crippen molar-refractivity contribution in [1.82, 2.24) is 0 Å². The molecule has 0 amide bonds. The quantitative estimate of drug-likeness (QED) is 0.311. The number of rotatable bonds is 9. The zero-order chi connectivity index (χ0) is 20.5. The summed E-state index contributed by atoms with van der Waals surface area (Å²) in [5.41, 5.74) is 4.24. The Kier molecular flexibility index (Phi) is 8.49. The van der Waals surface area contributed by atoms with Crippen LogP contribution in [0.5, 0.6) is 0 Å². The van der Waals surface area contributed by atoms with E-state index < -0.39 is 0 Å². The second-order valence-electron chi connectivity index (χ2n) is 8.24. The third-order valence-corrected chi connectivity index (χ3v) is 6.09. The van der Waals surface area contributed by atoms with E-state index in [-0.39, 0.29) is 5.82 Å². The first kappa shape index (κ1) is 21.8. The van der Waals surface area contributed by atoms with Gasteiger partial charge in [0.05, 0.1) is 6.10 Å². The van der Waals surface area contributed by atoms with Crippen molar-refractivity contribution in [3.8, 4) is 11.1 Å². The van der Waals surface area contributed by atoms with Gasteiger partial charge in [0.2, 0.25) is 0 Å². The third-order valence-electron chi connectivity index (χ3n) is 6.09. The predicted molar refractivity (Wildman–Crippen MR) is 121 cm³/mol. The maximum absolute atomic E-state index is 14.9. The summed E-state index contributed by atoms with van der Waals surface area (Å²) in [5, 5.41) is 0. The fraction of sp³-hybridized carbons (Fsp3) is 0.481. The first-order valence-corrected chi connectivity index (χ1v) is 11.3. The highest BCUT2D eigenvalue weighted by Crippen LogP contribution is 2.36. The molecule has 0 saturated heterocycles. The van der Waals surface area contributed by atoms with Crippen LogP contribution in [0.2, 0.25) is 0 Å². The van der Waals surface area contributed by atoms with Crippen LogP contribution in [0.1, 0.15) is 75.8 Å². The fourth-order valence-electron chi connectivity index (χ4n) is 4.25. The molecular weight excluding hydrogens is 359 g/mol. The van der Waals surface area contributed by atoms with Crippen molar-refractivity contribution in [2.45, 2.75) is 77.2 Å². The first-order valence-electron chi connectivity index (χ1n) is 11.3. The third kappa shape index (κ3) is 6.27. The van der Waals surface area contributed by atoms with Crippen LogP contribution in [0.4, 0.5) is 4.39 Å². The van der Waals surface area contributed by atoms with Crippen molar-refractivity contribution in [2.24, 2.45) is 0 Å². The van der Waals surface area contributed by atoms with Crippen molar-refractivity contribution in [3.05, 3.63) is 71.6 Å². The Labute approximate surface area is 176 Å². The molecule has 2 aromatic rings. The zero-order valence-electron chi connectivity index (χ0n) is 18.0. The van der Waals surface area contributed by atoms with Crippen LogP contribution in [0.15, 0.2) is 54.6 Å². The molecule has 0 bridgehead atoms. The van der Waals surface area contributed by atoms with Gasteiger partial charge in [-0.15, -0.1) is 0 Å². The van der Waals surface area contributed by atoms with Gasteiger partial charge in [0.25, 0.3) is 0 Å². The number of unbranched alkanes of at least 4 members (excludes halogenated alkanes) is 1. The number of allylic oxidation sites excluding steroid dienone is 2. The van der Waals surface area contributed by atoms with Crippen LogP contribution in [0.25, 0.3) is 11.1 Å². The Balaban J connectivity index is 1.59. The molecule has 3 rings (SSSR count). The SMILES string of the molecule is C/C=C/CCc1ccc(-c2ccc(C3CCC(OCCCC)CC3)c(F)c2)cc1. The van der Waals surface area contributed by atoms with E-state index in [9.17, 15) is 4.39 Å². The lowest BCUT2D eigenvalue weighted by Crippen LogP contribution is -2.21. The van der Waals surface area contributed by atoms with Crippen LogP contribution in [0.3, 0.4) is 0 Å². The average Bonchev–Trinajstić information content (AvgIpc) is 2.75. The number of hydrogen-bond acceptors (Lipinski definition) is 1. The first-order chi connectivity index (χ1) is 14.2. The molecule has 1 aliphatic carbocycles. The van der Waals surface area contributed by atoms with Gasteiger partial charge in [-0.2, -0.15) is 0 Å². The lowest BCUT2D eigenvalue weighted by atomic mass is 9.82. The van der Waals surface area contributed by atoms with E-state index in [1.807, 2.05) is 13.0 Å². The van der Waals surface area contributed by atoms with Crippen LogP contribution in [0, 0.1) is 5.82 Å². The Hall–Kier alpha value is -1.93. The standard InChI is InChI=1S/C27H35FO/c1-3-5-7-8-21-9-11-22(12-10-21)24-15-18-26(27(28)20-24)23-13-16-25(17-14-23)29-19-6-4-2/h3,5,9-12,15,18,20,23,25H,4,6-8,13-14,16-17,19H2,1-2H3/b5-3+. The minimum Gasteiger partial charge on any atom is -0.378 e. The van der Waals surface area contributed by atoms with E-state index in [0.717, 1.165) is 68.2 Å². The maximum Gasteiger partial charge on any atom is 0.127 e. The molecule has 156 valence electrons. The summed E-state index contributed by atoms with van der Waals surface area (Å²) in [6, 6.07) is 14.3. The van der Waals surface area contributed by atoms with Gasteiger partial charge in [-0.25, -0.2) is 4.39 Å². The molecule has 1 fully saturated rings. The van der Waals surface area contributed by atoms with Crippen molar-refractivity contribution in [3.63, 3.8) is 0 Å². The molecular formula is C27H35FO. The average molecular weight is 395 g/mol. The Morgan fingerprint density at radius 1 is 1.00 bits per heavy atom. The van der Waals surface area contributed by atoms with Crippen LogP contribution in [-0.4, -0.2) is 12.7 Å². The van der Waals surface area contributed by atoms with Crippen LogP contribution < -0.4 is 0 Å². The molecule has 0 atom stereocenters. The van der Waals surface area contributed by atoms with E-state index in [1.54, 1.807) is 6.07 Å². The van der Waals surface area contributed by atoms with E-state index in [0.29, 0.717) is 12.0 Å². The second kappa shape index (κ2) is 11.3. The molecule has 29 heavy (non-hydrogen) atoms. The van der Waals surface area contributed by atoms with Gasteiger partial charge in [0, 0.05) is 6.61 Å². The highest BCUT2D eigenvalue weighted by molar-refractivity contribution is 5.64. The Morgan fingerprint density at radius 2 is 1.72 bits per heavy atom. The monoisotopic (exact) mass is 394 g/mol. The van der Waals surface area contributed by atoms with Crippen LogP contribution in [-0.2, 0) is 11.2 Å². The molecule has 0 spiro atoms. The molecule has 0 unspecified atom stereocenters. The molecule has 2 heteroatoms. The predicted octanol–water partition coefficient (Wildman–Crippen LogP) is 7.84. The number of aryl methyl sites for hydroxylation is 1. The minimum atomic E-state index is -0.0602. The van der Waals surface area contributed by atoms with Gasteiger partial charge >= 0.3 is 0 Å². The summed E-state index contributed by atoms with van der Waals surface area (Å²) in [4.78, 5) is 0. The normalized spacial score (nSPS) is 19.7. The molecule has 1 aliphatic rings.